The van der Waals surface area contributed by atoms with Gasteiger partial charge in [-0.05, 0) is 37.0 Å². The van der Waals surface area contributed by atoms with E-state index in [1.165, 1.54) is 12.1 Å². The van der Waals surface area contributed by atoms with Crippen molar-refractivity contribution in [2.45, 2.75) is 38.3 Å². The summed E-state index contributed by atoms with van der Waals surface area (Å²) in [4.78, 5) is 20.6. The van der Waals surface area contributed by atoms with Crippen LogP contribution in [0.15, 0.2) is 36.7 Å². The number of nitrogens with one attached hydrogen (secondary N) is 1. The zero-order valence-electron chi connectivity index (χ0n) is 13.4. The van der Waals surface area contributed by atoms with Gasteiger partial charge in [-0.25, -0.2) is 14.4 Å². The Labute approximate surface area is 140 Å². The van der Waals surface area contributed by atoms with Crippen LogP contribution >= 0.6 is 0 Å². The van der Waals surface area contributed by atoms with Gasteiger partial charge in [-0.1, -0.05) is 12.1 Å². The van der Waals surface area contributed by atoms with Gasteiger partial charge < -0.3 is 10.1 Å². The summed E-state index contributed by atoms with van der Waals surface area (Å²) >= 11 is 0. The molecule has 2 heterocycles. The van der Waals surface area contributed by atoms with Crippen molar-refractivity contribution in [1.29, 1.82) is 0 Å². The number of aromatic nitrogens is 2. The molecule has 6 heteroatoms. The molecule has 126 valence electrons. The highest BCUT2D eigenvalue weighted by molar-refractivity contribution is 5.78. The fourth-order valence-corrected chi connectivity index (χ4v) is 2.62. The second-order valence-corrected chi connectivity index (χ2v) is 5.88. The number of hydrogen-bond acceptors (Lipinski definition) is 4. The van der Waals surface area contributed by atoms with Crippen molar-refractivity contribution in [2.75, 3.05) is 6.61 Å². The largest absolute Gasteiger partial charge is 0.370 e. The molecule has 24 heavy (non-hydrogen) atoms. The molecule has 1 aromatic carbocycles. The third kappa shape index (κ3) is 4.58. The van der Waals surface area contributed by atoms with Crippen molar-refractivity contribution in [2.24, 2.45) is 0 Å². The minimum Gasteiger partial charge on any atom is -0.370 e. The van der Waals surface area contributed by atoms with Crippen molar-refractivity contribution in [3.63, 3.8) is 0 Å². The lowest BCUT2D eigenvalue weighted by molar-refractivity contribution is -0.120. The van der Waals surface area contributed by atoms with E-state index in [2.05, 4.69) is 15.3 Å². The molecule has 2 aromatic rings. The minimum absolute atomic E-state index is 0.0131. The maximum atomic E-state index is 12.8. The van der Waals surface area contributed by atoms with E-state index >= 15 is 0 Å². The van der Waals surface area contributed by atoms with Crippen LogP contribution in [-0.2, 0) is 22.5 Å². The highest BCUT2D eigenvalue weighted by atomic mass is 19.1. The van der Waals surface area contributed by atoms with Gasteiger partial charge in [0.2, 0.25) is 5.91 Å². The molecule has 1 saturated heterocycles. The van der Waals surface area contributed by atoms with E-state index in [4.69, 9.17) is 4.74 Å². The van der Waals surface area contributed by atoms with Crippen LogP contribution in [0.3, 0.4) is 0 Å². The van der Waals surface area contributed by atoms with Crippen LogP contribution < -0.4 is 5.32 Å². The number of nitrogens with zero attached hydrogens (tertiary/aromatic N) is 2. The Balaban J connectivity index is 1.49. The molecule has 0 spiro atoms. The lowest BCUT2D eigenvalue weighted by Gasteiger charge is -2.21. The number of hydrogen-bond donors (Lipinski definition) is 1. The predicted molar refractivity (Wildman–Crippen MR) is 86.5 cm³/mol. The van der Waals surface area contributed by atoms with Crippen molar-refractivity contribution in [3.05, 3.63) is 59.4 Å². The summed E-state index contributed by atoms with van der Waals surface area (Å²) in [6, 6.07) is 5.92. The van der Waals surface area contributed by atoms with E-state index in [0.29, 0.717) is 12.4 Å². The first-order valence-corrected chi connectivity index (χ1v) is 8.14. The molecule has 1 aromatic heterocycles. The number of benzene rings is 1. The summed E-state index contributed by atoms with van der Waals surface area (Å²) in [7, 11) is 0. The third-order valence-electron chi connectivity index (χ3n) is 3.96. The molecule has 1 aliphatic heterocycles. The fraction of sp³-hybridized carbons (Fsp3) is 0.389. The molecular weight excluding hydrogens is 309 g/mol. The number of carbonyl (C=O) groups excluding carboxylic acids is 1. The number of ether oxygens (including phenoxy) is 1. The SMILES string of the molecule is O=C(Cc1ccc(F)cc1)NCc1cnc(C2CCCCO2)nc1. The normalized spacial score (nSPS) is 17.5. The Kier molecular flexibility index (Phi) is 5.48. The average Bonchev–Trinajstić information content (AvgIpc) is 2.63. The second kappa shape index (κ2) is 7.97. The van der Waals surface area contributed by atoms with Crippen LogP contribution in [0.2, 0.25) is 0 Å². The summed E-state index contributed by atoms with van der Waals surface area (Å²) in [6.07, 6.45) is 6.82. The second-order valence-electron chi connectivity index (χ2n) is 5.88. The van der Waals surface area contributed by atoms with Gasteiger partial charge in [-0.15, -0.1) is 0 Å². The molecule has 1 fully saturated rings. The topological polar surface area (TPSA) is 64.1 Å². The summed E-state index contributed by atoms with van der Waals surface area (Å²) < 4.78 is 18.5. The Hall–Kier alpha value is -2.34. The van der Waals surface area contributed by atoms with Gasteiger partial charge in [-0.3, -0.25) is 4.79 Å². The van der Waals surface area contributed by atoms with Crippen LogP contribution in [0.5, 0.6) is 0 Å². The van der Waals surface area contributed by atoms with E-state index in [-0.39, 0.29) is 24.2 Å². The molecule has 1 aliphatic rings. The first kappa shape index (κ1) is 16.5. The lowest BCUT2D eigenvalue weighted by atomic mass is 10.1. The molecule has 3 rings (SSSR count). The van der Waals surface area contributed by atoms with Crippen molar-refractivity contribution in [1.82, 2.24) is 15.3 Å². The number of carbonyl (C=O) groups is 1. The number of rotatable bonds is 5. The van der Waals surface area contributed by atoms with Gasteiger partial charge in [0.1, 0.15) is 11.9 Å². The molecule has 1 unspecified atom stereocenters. The molecular formula is C18H20FN3O2. The Morgan fingerprint density at radius 3 is 2.58 bits per heavy atom. The molecule has 5 nitrogen and oxygen atoms in total. The van der Waals surface area contributed by atoms with Crippen LogP contribution in [0.25, 0.3) is 0 Å². The molecule has 0 radical (unpaired) electrons. The van der Waals surface area contributed by atoms with Gasteiger partial charge in [-0.2, -0.15) is 0 Å². The van der Waals surface area contributed by atoms with Crippen LogP contribution in [0, 0.1) is 5.82 Å². The standard InChI is InChI=1S/C18H20FN3O2/c19-15-6-4-13(5-7-15)9-17(23)20-10-14-11-21-18(22-12-14)16-3-1-2-8-24-16/h4-7,11-12,16H,1-3,8-10H2,(H,20,23). The number of amides is 1. The van der Waals surface area contributed by atoms with E-state index in [1.807, 2.05) is 0 Å². The van der Waals surface area contributed by atoms with Gasteiger partial charge in [0.05, 0.1) is 6.42 Å². The zero-order valence-corrected chi connectivity index (χ0v) is 13.4. The summed E-state index contributed by atoms with van der Waals surface area (Å²) in [5.41, 5.74) is 1.61. The molecule has 1 atom stereocenters. The summed E-state index contributed by atoms with van der Waals surface area (Å²) in [6.45, 7) is 1.13. The lowest BCUT2D eigenvalue weighted by Crippen LogP contribution is -2.25. The Morgan fingerprint density at radius 1 is 1.17 bits per heavy atom. The maximum Gasteiger partial charge on any atom is 0.224 e. The van der Waals surface area contributed by atoms with Crippen LogP contribution in [0.1, 0.15) is 42.3 Å². The average molecular weight is 329 g/mol. The van der Waals surface area contributed by atoms with Gasteiger partial charge in [0, 0.05) is 31.1 Å². The fourth-order valence-electron chi connectivity index (χ4n) is 2.62. The van der Waals surface area contributed by atoms with E-state index in [9.17, 15) is 9.18 Å². The molecule has 0 saturated carbocycles. The first-order chi connectivity index (χ1) is 11.7. The van der Waals surface area contributed by atoms with Gasteiger partial charge in [0.25, 0.3) is 0 Å². The summed E-state index contributed by atoms with van der Waals surface area (Å²) in [5, 5.41) is 2.82. The smallest absolute Gasteiger partial charge is 0.224 e. The monoisotopic (exact) mass is 329 g/mol. The summed E-state index contributed by atoms with van der Waals surface area (Å²) in [5.74, 6) is 0.274. The van der Waals surface area contributed by atoms with Crippen LogP contribution in [-0.4, -0.2) is 22.5 Å². The van der Waals surface area contributed by atoms with Gasteiger partial charge in [0.15, 0.2) is 5.82 Å². The Bertz CT molecular complexity index is 668. The highest BCUT2D eigenvalue weighted by Gasteiger charge is 2.18. The quantitative estimate of drug-likeness (QED) is 0.916. The van der Waals surface area contributed by atoms with E-state index < -0.39 is 0 Å². The van der Waals surface area contributed by atoms with Crippen LogP contribution in [0.4, 0.5) is 4.39 Å². The zero-order chi connectivity index (χ0) is 16.8. The molecule has 0 aliphatic carbocycles. The highest BCUT2D eigenvalue weighted by Crippen LogP contribution is 2.24. The van der Waals surface area contributed by atoms with E-state index in [0.717, 1.165) is 37.0 Å². The van der Waals surface area contributed by atoms with E-state index in [1.54, 1.807) is 24.5 Å². The van der Waals surface area contributed by atoms with Crippen molar-refractivity contribution < 1.29 is 13.9 Å². The number of halogens is 1. The first-order valence-electron chi connectivity index (χ1n) is 8.14. The Morgan fingerprint density at radius 2 is 1.92 bits per heavy atom. The third-order valence-corrected chi connectivity index (χ3v) is 3.96. The van der Waals surface area contributed by atoms with Gasteiger partial charge >= 0.3 is 0 Å². The van der Waals surface area contributed by atoms with Crippen molar-refractivity contribution in [3.8, 4) is 0 Å². The maximum absolute atomic E-state index is 12.8. The predicted octanol–water partition coefficient (Wildman–Crippen LogP) is 2.72. The molecule has 0 bridgehead atoms. The molecule has 1 N–H and O–H groups in total. The minimum atomic E-state index is -0.307. The van der Waals surface area contributed by atoms with Crippen molar-refractivity contribution >= 4 is 5.91 Å². The molecule has 1 amide bonds.